The van der Waals surface area contributed by atoms with Crippen molar-refractivity contribution in [2.24, 2.45) is 0 Å². The van der Waals surface area contributed by atoms with Crippen LogP contribution in [0.2, 0.25) is 0 Å². The number of para-hydroxylation sites is 1. The molecule has 3 rings (SSSR count). The molecular formula is C20H25N3O3. The van der Waals surface area contributed by atoms with Crippen LogP contribution in [0.1, 0.15) is 52.2 Å². The second-order valence-electron chi connectivity index (χ2n) is 6.85. The highest BCUT2D eigenvalue weighted by atomic mass is 16.5. The summed E-state index contributed by atoms with van der Waals surface area (Å²) in [5.74, 6) is 0.623. The van der Waals surface area contributed by atoms with Gasteiger partial charge < -0.3 is 14.7 Å². The van der Waals surface area contributed by atoms with Gasteiger partial charge in [-0.3, -0.25) is 9.59 Å². The first-order chi connectivity index (χ1) is 12.5. The Hall–Kier alpha value is -2.63. The van der Waals surface area contributed by atoms with Crippen molar-refractivity contribution in [3.63, 3.8) is 0 Å². The molecule has 0 radical (unpaired) electrons. The summed E-state index contributed by atoms with van der Waals surface area (Å²) in [4.78, 5) is 27.1. The third kappa shape index (κ3) is 3.79. The molecule has 2 heterocycles. The number of hydrogen-bond donors (Lipinski definition) is 1. The van der Waals surface area contributed by atoms with E-state index in [9.17, 15) is 9.59 Å². The summed E-state index contributed by atoms with van der Waals surface area (Å²) in [6, 6.07) is 5.56. The quantitative estimate of drug-likeness (QED) is 0.892. The number of aryl methyl sites for hydroxylation is 3. The normalized spacial score (nSPS) is 13.9. The Morgan fingerprint density at radius 1 is 1.19 bits per heavy atom. The van der Waals surface area contributed by atoms with Crippen LogP contribution < -0.4 is 5.32 Å². The molecule has 138 valence electrons. The van der Waals surface area contributed by atoms with Gasteiger partial charge in [-0.15, -0.1) is 0 Å². The third-order valence-electron chi connectivity index (χ3n) is 4.94. The molecule has 1 N–H and O–H groups in total. The summed E-state index contributed by atoms with van der Waals surface area (Å²) in [6.07, 6.45) is 2.95. The first-order valence-corrected chi connectivity index (χ1v) is 9.08. The molecule has 0 atom stereocenters. The fourth-order valence-corrected chi connectivity index (χ4v) is 3.40. The van der Waals surface area contributed by atoms with Crippen LogP contribution in [0.5, 0.6) is 0 Å². The van der Waals surface area contributed by atoms with E-state index in [0.29, 0.717) is 24.1 Å². The lowest BCUT2D eigenvalue weighted by Crippen LogP contribution is -2.29. The molecule has 1 saturated heterocycles. The monoisotopic (exact) mass is 355 g/mol. The molecule has 0 spiro atoms. The summed E-state index contributed by atoms with van der Waals surface area (Å²) in [7, 11) is 0. The van der Waals surface area contributed by atoms with Gasteiger partial charge in [0.2, 0.25) is 5.91 Å². The molecule has 0 bridgehead atoms. The summed E-state index contributed by atoms with van der Waals surface area (Å²) in [5.41, 5.74) is 3.86. The van der Waals surface area contributed by atoms with Crippen LogP contribution in [0, 0.1) is 20.8 Å². The third-order valence-corrected chi connectivity index (χ3v) is 4.94. The number of carbonyl (C=O) groups excluding carboxylic acids is 2. The zero-order valence-electron chi connectivity index (χ0n) is 15.6. The van der Waals surface area contributed by atoms with Gasteiger partial charge in [-0.25, -0.2) is 0 Å². The molecule has 1 aromatic carbocycles. The van der Waals surface area contributed by atoms with E-state index in [1.54, 1.807) is 6.07 Å². The average molecular weight is 355 g/mol. The maximum absolute atomic E-state index is 12.8. The summed E-state index contributed by atoms with van der Waals surface area (Å²) in [6.45, 7) is 7.20. The summed E-state index contributed by atoms with van der Waals surface area (Å²) >= 11 is 0. The lowest BCUT2D eigenvalue weighted by atomic mass is 10.1. The molecule has 2 amide bonds. The Morgan fingerprint density at radius 2 is 1.92 bits per heavy atom. The highest BCUT2D eigenvalue weighted by Gasteiger charge is 2.23. The van der Waals surface area contributed by atoms with Gasteiger partial charge >= 0.3 is 0 Å². The van der Waals surface area contributed by atoms with Crippen LogP contribution in [-0.4, -0.2) is 35.0 Å². The van der Waals surface area contributed by atoms with Crippen LogP contribution in [0.3, 0.4) is 0 Å². The number of benzene rings is 1. The number of rotatable bonds is 5. The second-order valence-corrected chi connectivity index (χ2v) is 6.85. The fraction of sp³-hybridized carbons (Fsp3) is 0.450. The first kappa shape index (κ1) is 18.2. The number of hydrogen-bond acceptors (Lipinski definition) is 4. The van der Waals surface area contributed by atoms with E-state index in [1.807, 2.05) is 37.8 Å². The van der Waals surface area contributed by atoms with Gasteiger partial charge in [0.05, 0.1) is 16.9 Å². The van der Waals surface area contributed by atoms with Gasteiger partial charge in [-0.1, -0.05) is 17.3 Å². The molecule has 0 saturated carbocycles. The Labute approximate surface area is 153 Å². The number of aromatic nitrogens is 1. The van der Waals surface area contributed by atoms with Gasteiger partial charge in [0.1, 0.15) is 5.76 Å². The van der Waals surface area contributed by atoms with E-state index >= 15 is 0 Å². The first-order valence-electron chi connectivity index (χ1n) is 9.08. The molecule has 1 aromatic heterocycles. The maximum Gasteiger partial charge on any atom is 0.255 e. The van der Waals surface area contributed by atoms with Gasteiger partial charge in [0.15, 0.2) is 0 Å². The van der Waals surface area contributed by atoms with Gasteiger partial charge in [0, 0.05) is 25.1 Å². The van der Waals surface area contributed by atoms with Crippen molar-refractivity contribution in [1.29, 1.82) is 0 Å². The Bertz CT molecular complexity index is 800. The molecular weight excluding hydrogens is 330 g/mol. The summed E-state index contributed by atoms with van der Waals surface area (Å²) in [5, 5.41) is 6.86. The molecule has 26 heavy (non-hydrogen) atoms. The lowest BCUT2D eigenvalue weighted by Gasteiger charge is -2.19. The van der Waals surface area contributed by atoms with E-state index in [4.69, 9.17) is 4.52 Å². The van der Waals surface area contributed by atoms with Crippen molar-refractivity contribution in [3.8, 4) is 0 Å². The minimum atomic E-state index is -0.116. The fourth-order valence-electron chi connectivity index (χ4n) is 3.40. The van der Waals surface area contributed by atoms with Crippen molar-refractivity contribution in [1.82, 2.24) is 10.1 Å². The standard InChI is InChI=1S/C20H25N3O3/c1-13-7-6-8-17(20(25)23-11-4-5-12-23)19(13)21-18(24)10-9-16-14(2)22-26-15(16)3/h6-8H,4-5,9-12H2,1-3H3,(H,21,24). The van der Waals surface area contributed by atoms with Crippen molar-refractivity contribution in [2.45, 2.75) is 46.5 Å². The number of amides is 2. The predicted molar refractivity (Wildman–Crippen MR) is 99.2 cm³/mol. The number of nitrogens with one attached hydrogen (secondary N) is 1. The average Bonchev–Trinajstić information content (AvgIpc) is 3.25. The summed E-state index contributed by atoms with van der Waals surface area (Å²) < 4.78 is 5.14. The maximum atomic E-state index is 12.8. The molecule has 6 heteroatoms. The van der Waals surface area contributed by atoms with E-state index in [0.717, 1.165) is 48.5 Å². The Balaban J connectivity index is 1.72. The molecule has 1 aliphatic rings. The SMILES string of the molecule is Cc1cccc(C(=O)N2CCCC2)c1NC(=O)CCc1c(C)noc1C. The zero-order chi connectivity index (χ0) is 18.7. The zero-order valence-corrected chi connectivity index (χ0v) is 15.6. The largest absolute Gasteiger partial charge is 0.361 e. The molecule has 0 aliphatic carbocycles. The number of carbonyl (C=O) groups is 2. The number of likely N-dealkylation sites (tertiary alicyclic amines) is 1. The van der Waals surface area contributed by atoms with Crippen LogP contribution in [0.4, 0.5) is 5.69 Å². The van der Waals surface area contributed by atoms with Crippen molar-refractivity contribution in [2.75, 3.05) is 18.4 Å². The molecule has 6 nitrogen and oxygen atoms in total. The molecule has 2 aromatic rings. The van der Waals surface area contributed by atoms with Crippen molar-refractivity contribution in [3.05, 3.63) is 46.3 Å². The molecule has 0 unspecified atom stereocenters. The van der Waals surface area contributed by atoms with Gasteiger partial charge in [-0.05, 0) is 51.7 Å². The van der Waals surface area contributed by atoms with E-state index < -0.39 is 0 Å². The van der Waals surface area contributed by atoms with Crippen LogP contribution in [0.25, 0.3) is 0 Å². The van der Waals surface area contributed by atoms with Gasteiger partial charge in [-0.2, -0.15) is 0 Å². The highest BCUT2D eigenvalue weighted by Crippen LogP contribution is 2.24. The smallest absolute Gasteiger partial charge is 0.255 e. The van der Waals surface area contributed by atoms with E-state index in [2.05, 4.69) is 10.5 Å². The van der Waals surface area contributed by atoms with E-state index in [-0.39, 0.29) is 11.8 Å². The van der Waals surface area contributed by atoms with Gasteiger partial charge in [0.25, 0.3) is 5.91 Å². The number of anilines is 1. The van der Waals surface area contributed by atoms with E-state index in [1.165, 1.54) is 0 Å². The lowest BCUT2D eigenvalue weighted by molar-refractivity contribution is -0.116. The van der Waals surface area contributed by atoms with Crippen molar-refractivity contribution >= 4 is 17.5 Å². The minimum absolute atomic E-state index is 0.00720. The van der Waals surface area contributed by atoms with Crippen LogP contribution >= 0.6 is 0 Å². The number of nitrogens with zero attached hydrogens (tertiary/aromatic N) is 2. The molecule has 1 fully saturated rings. The van der Waals surface area contributed by atoms with Crippen molar-refractivity contribution < 1.29 is 14.1 Å². The van der Waals surface area contributed by atoms with Crippen LogP contribution in [0.15, 0.2) is 22.7 Å². The minimum Gasteiger partial charge on any atom is -0.361 e. The Kier molecular flexibility index (Phi) is 5.40. The highest BCUT2D eigenvalue weighted by molar-refractivity contribution is 6.04. The molecule has 1 aliphatic heterocycles. The Morgan fingerprint density at radius 3 is 2.58 bits per heavy atom. The topological polar surface area (TPSA) is 75.4 Å². The predicted octanol–water partition coefficient (Wildman–Crippen LogP) is 3.41. The second kappa shape index (κ2) is 7.72. The van der Waals surface area contributed by atoms with Crippen LogP contribution in [-0.2, 0) is 11.2 Å².